The van der Waals surface area contributed by atoms with Crippen LogP contribution in [0.4, 0.5) is 0 Å². The van der Waals surface area contributed by atoms with Gasteiger partial charge in [-0.25, -0.2) is 13.4 Å². The molecule has 21 heavy (non-hydrogen) atoms. The first-order valence-electron chi connectivity index (χ1n) is 6.65. The normalized spacial score (nSPS) is 18.2. The highest BCUT2D eigenvalue weighted by Crippen LogP contribution is 2.38. The van der Waals surface area contributed by atoms with Gasteiger partial charge in [-0.15, -0.1) is 0 Å². The van der Waals surface area contributed by atoms with Crippen molar-refractivity contribution in [2.45, 2.75) is 23.9 Å². The summed E-state index contributed by atoms with van der Waals surface area (Å²) in [5, 5.41) is 0.0479. The van der Waals surface area contributed by atoms with E-state index in [1.54, 1.807) is 14.1 Å². The van der Waals surface area contributed by atoms with Crippen LogP contribution in [0.2, 0.25) is 5.15 Å². The highest BCUT2D eigenvalue weighted by atomic mass is 35.5. The lowest BCUT2D eigenvalue weighted by Crippen LogP contribution is -2.30. The van der Waals surface area contributed by atoms with Crippen LogP contribution in [-0.2, 0) is 23.5 Å². The van der Waals surface area contributed by atoms with Crippen LogP contribution in [0.25, 0.3) is 0 Å². The first kappa shape index (κ1) is 14.6. The summed E-state index contributed by atoms with van der Waals surface area (Å²) in [5.74, 6) is 0. The number of aromatic nitrogens is 2. The van der Waals surface area contributed by atoms with E-state index in [2.05, 4.69) is 4.98 Å². The minimum absolute atomic E-state index is 0.0847. The van der Waals surface area contributed by atoms with E-state index in [1.807, 2.05) is 24.3 Å². The summed E-state index contributed by atoms with van der Waals surface area (Å²) in [6.07, 6.45) is 3.07. The molecule has 5 nitrogen and oxygen atoms in total. The third-order valence-corrected chi connectivity index (χ3v) is 6.36. The number of benzene rings is 1. The molecule has 7 heteroatoms. The molecule has 2 aromatic rings. The summed E-state index contributed by atoms with van der Waals surface area (Å²) < 4.78 is 28.3. The molecule has 0 bridgehead atoms. The van der Waals surface area contributed by atoms with Crippen LogP contribution in [-0.4, -0.2) is 29.3 Å². The SMILES string of the molecule is CN(C1CCc2ccccc21)S(=O)(=O)c1ncn(C)c1Cl. The van der Waals surface area contributed by atoms with Crippen LogP contribution in [0.3, 0.4) is 0 Å². The van der Waals surface area contributed by atoms with Crippen molar-refractivity contribution in [3.63, 3.8) is 0 Å². The lowest BCUT2D eigenvalue weighted by molar-refractivity contribution is 0.373. The smallest absolute Gasteiger partial charge is 0.263 e. The molecular formula is C14H16ClN3O2S. The number of hydrogen-bond donors (Lipinski definition) is 0. The first-order chi connectivity index (χ1) is 9.93. The van der Waals surface area contributed by atoms with Crippen molar-refractivity contribution in [3.8, 4) is 0 Å². The zero-order valence-corrected chi connectivity index (χ0v) is 13.4. The predicted octanol–water partition coefficient (Wildman–Crippen LogP) is 2.38. The van der Waals surface area contributed by atoms with E-state index in [-0.39, 0.29) is 16.2 Å². The molecule has 1 atom stereocenters. The van der Waals surface area contributed by atoms with Crippen molar-refractivity contribution < 1.29 is 8.42 Å². The van der Waals surface area contributed by atoms with Crippen molar-refractivity contribution in [1.82, 2.24) is 13.9 Å². The summed E-state index contributed by atoms with van der Waals surface area (Å²) >= 11 is 6.04. The largest absolute Gasteiger partial charge is 0.324 e. The summed E-state index contributed by atoms with van der Waals surface area (Å²) in [6, 6.07) is 7.78. The molecule has 0 aliphatic heterocycles. The number of nitrogens with zero attached hydrogens (tertiary/aromatic N) is 3. The van der Waals surface area contributed by atoms with Gasteiger partial charge in [-0.1, -0.05) is 35.9 Å². The minimum Gasteiger partial charge on any atom is -0.324 e. The molecule has 1 aliphatic carbocycles. The lowest BCUT2D eigenvalue weighted by Gasteiger charge is -2.24. The predicted molar refractivity (Wildman–Crippen MR) is 80.7 cm³/mol. The first-order valence-corrected chi connectivity index (χ1v) is 8.47. The molecule has 1 aromatic carbocycles. The standard InChI is InChI=1S/C14H16ClN3O2S/c1-17-9-16-14(13(17)15)21(19,20)18(2)12-8-7-10-5-3-4-6-11(10)12/h3-6,9,12H,7-8H2,1-2H3. The van der Waals surface area contributed by atoms with E-state index < -0.39 is 10.0 Å². The number of aryl methyl sites for hydroxylation is 2. The average Bonchev–Trinajstić information content (AvgIpc) is 3.03. The molecule has 0 spiro atoms. The Morgan fingerprint density at radius 1 is 1.38 bits per heavy atom. The Labute approximate surface area is 129 Å². The minimum atomic E-state index is -3.71. The van der Waals surface area contributed by atoms with Crippen LogP contribution in [0.15, 0.2) is 35.6 Å². The molecule has 0 amide bonds. The Hall–Kier alpha value is -1.37. The van der Waals surface area contributed by atoms with E-state index >= 15 is 0 Å². The van der Waals surface area contributed by atoms with E-state index in [0.717, 1.165) is 18.4 Å². The molecular weight excluding hydrogens is 310 g/mol. The second kappa shape index (κ2) is 5.12. The van der Waals surface area contributed by atoms with Crippen LogP contribution in [0.5, 0.6) is 0 Å². The quantitative estimate of drug-likeness (QED) is 0.870. The van der Waals surface area contributed by atoms with Gasteiger partial charge in [0.2, 0.25) is 5.03 Å². The van der Waals surface area contributed by atoms with Gasteiger partial charge >= 0.3 is 0 Å². The fraction of sp³-hybridized carbons (Fsp3) is 0.357. The molecule has 112 valence electrons. The van der Waals surface area contributed by atoms with Gasteiger partial charge in [0.15, 0.2) is 0 Å². The van der Waals surface area contributed by atoms with Gasteiger partial charge in [0, 0.05) is 14.1 Å². The number of rotatable bonds is 3. The highest BCUT2D eigenvalue weighted by Gasteiger charge is 2.35. The maximum atomic E-state index is 12.7. The monoisotopic (exact) mass is 325 g/mol. The number of halogens is 1. The van der Waals surface area contributed by atoms with Crippen LogP contribution < -0.4 is 0 Å². The summed E-state index contributed by atoms with van der Waals surface area (Å²) in [6.45, 7) is 0. The maximum Gasteiger partial charge on any atom is 0.263 e. The Kier molecular flexibility index (Phi) is 3.55. The number of hydrogen-bond acceptors (Lipinski definition) is 3. The topological polar surface area (TPSA) is 55.2 Å². The second-order valence-electron chi connectivity index (χ2n) is 5.23. The van der Waals surface area contributed by atoms with Gasteiger partial charge in [-0.05, 0) is 24.0 Å². The molecule has 0 radical (unpaired) electrons. The number of imidazole rings is 1. The number of fused-ring (bicyclic) bond motifs is 1. The van der Waals surface area contributed by atoms with Crippen molar-refractivity contribution in [2.75, 3.05) is 7.05 Å². The molecule has 0 N–H and O–H groups in total. The third kappa shape index (κ3) is 2.27. The van der Waals surface area contributed by atoms with Gasteiger partial charge in [0.1, 0.15) is 5.15 Å². The van der Waals surface area contributed by atoms with Gasteiger partial charge in [0.25, 0.3) is 10.0 Å². The maximum absolute atomic E-state index is 12.7. The van der Waals surface area contributed by atoms with Crippen LogP contribution in [0.1, 0.15) is 23.6 Å². The van der Waals surface area contributed by atoms with E-state index in [1.165, 1.54) is 20.8 Å². The third-order valence-electron chi connectivity index (χ3n) is 4.00. The molecule has 1 aromatic heterocycles. The highest BCUT2D eigenvalue weighted by molar-refractivity contribution is 7.89. The van der Waals surface area contributed by atoms with Crippen molar-refractivity contribution in [3.05, 3.63) is 46.9 Å². The van der Waals surface area contributed by atoms with Crippen LogP contribution in [0, 0.1) is 0 Å². The zero-order chi connectivity index (χ0) is 15.2. The Bertz CT molecular complexity index is 785. The van der Waals surface area contributed by atoms with Crippen molar-refractivity contribution >= 4 is 21.6 Å². The fourth-order valence-electron chi connectivity index (χ4n) is 2.78. The molecule has 1 heterocycles. The zero-order valence-electron chi connectivity index (χ0n) is 11.8. The van der Waals surface area contributed by atoms with Gasteiger partial charge in [-0.3, -0.25) is 0 Å². The molecule has 0 saturated carbocycles. The Balaban J connectivity index is 1.99. The molecule has 1 aliphatic rings. The van der Waals surface area contributed by atoms with Gasteiger partial charge in [0.05, 0.1) is 12.4 Å². The Morgan fingerprint density at radius 3 is 2.76 bits per heavy atom. The van der Waals surface area contributed by atoms with Crippen molar-refractivity contribution in [2.24, 2.45) is 7.05 Å². The summed E-state index contributed by atoms with van der Waals surface area (Å²) in [4.78, 5) is 3.94. The average molecular weight is 326 g/mol. The molecule has 1 unspecified atom stereocenters. The van der Waals surface area contributed by atoms with E-state index in [0.29, 0.717) is 0 Å². The van der Waals surface area contributed by atoms with Gasteiger partial charge in [-0.2, -0.15) is 4.31 Å². The lowest BCUT2D eigenvalue weighted by atomic mass is 10.1. The fourth-order valence-corrected chi connectivity index (χ4v) is 4.53. The Morgan fingerprint density at radius 2 is 2.10 bits per heavy atom. The number of sulfonamides is 1. The summed E-state index contributed by atoms with van der Waals surface area (Å²) in [7, 11) is -0.449. The van der Waals surface area contributed by atoms with E-state index in [9.17, 15) is 8.42 Å². The molecule has 0 fully saturated rings. The van der Waals surface area contributed by atoms with Gasteiger partial charge < -0.3 is 4.57 Å². The summed E-state index contributed by atoms with van der Waals surface area (Å²) in [5.41, 5.74) is 2.27. The van der Waals surface area contributed by atoms with Crippen LogP contribution >= 0.6 is 11.6 Å². The second-order valence-corrected chi connectivity index (χ2v) is 7.50. The van der Waals surface area contributed by atoms with E-state index in [4.69, 9.17) is 11.6 Å². The van der Waals surface area contributed by atoms with Crippen molar-refractivity contribution in [1.29, 1.82) is 0 Å². The molecule has 3 rings (SSSR count). The molecule has 0 saturated heterocycles.